The molecule has 0 saturated heterocycles. The van der Waals surface area contributed by atoms with Gasteiger partial charge in [-0.3, -0.25) is 10.1 Å². The highest BCUT2D eigenvalue weighted by molar-refractivity contribution is 7.15. The highest BCUT2D eigenvalue weighted by Gasteiger charge is 2.26. The average molecular weight is 346 g/mol. The summed E-state index contributed by atoms with van der Waals surface area (Å²) >= 11 is 1.43. The van der Waals surface area contributed by atoms with Gasteiger partial charge in [-0.15, -0.1) is 10.2 Å². The van der Waals surface area contributed by atoms with Crippen molar-refractivity contribution in [3.8, 4) is 0 Å². The average Bonchev–Trinajstić information content (AvgIpc) is 3.29. The fourth-order valence-electron chi connectivity index (χ4n) is 2.31. The third-order valence-electron chi connectivity index (χ3n) is 3.67. The van der Waals surface area contributed by atoms with Gasteiger partial charge in [0.15, 0.2) is 0 Å². The number of carbonyl (C=O) groups is 1. The number of carbonyl (C=O) groups excluding carboxylic acids is 1. The van der Waals surface area contributed by atoms with Crippen LogP contribution < -0.4 is 10.2 Å². The van der Waals surface area contributed by atoms with E-state index in [0.717, 1.165) is 35.9 Å². The molecule has 2 aromatic rings. The number of anilines is 2. The van der Waals surface area contributed by atoms with Crippen molar-refractivity contribution in [2.75, 3.05) is 23.8 Å². The van der Waals surface area contributed by atoms with Gasteiger partial charge in [0, 0.05) is 25.6 Å². The van der Waals surface area contributed by atoms with Crippen molar-refractivity contribution >= 4 is 28.2 Å². The van der Waals surface area contributed by atoms with E-state index < -0.39 is 0 Å². The Hall–Kier alpha value is -2.09. The van der Waals surface area contributed by atoms with E-state index in [-0.39, 0.29) is 12.5 Å². The lowest BCUT2D eigenvalue weighted by atomic mass is 10.1. The van der Waals surface area contributed by atoms with Crippen molar-refractivity contribution in [2.45, 2.75) is 39.0 Å². The molecule has 1 amide bonds. The molecule has 24 heavy (non-hydrogen) atoms. The molecule has 1 fully saturated rings. The Morgan fingerprint density at radius 2 is 2.21 bits per heavy atom. The van der Waals surface area contributed by atoms with Gasteiger partial charge in [0.05, 0.1) is 6.54 Å². The summed E-state index contributed by atoms with van der Waals surface area (Å²) in [5, 5.41) is 12.4. The van der Waals surface area contributed by atoms with Crippen LogP contribution >= 0.6 is 11.3 Å². The Kier molecular flexibility index (Phi) is 5.03. The second-order valence-corrected chi connectivity index (χ2v) is 7.61. The highest BCUT2D eigenvalue weighted by Crippen LogP contribution is 2.38. The van der Waals surface area contributed by atoms with Crippen molar-refractivity contribution in [3.63, 3.8) is 0 Å². The molecule has 0 unspecified atom stereocenters. The van der Waals surface area contributed by atoms with Gasteiger partial charge in [-0.1, -0.05) is 25.2 Å². The van der Waals surface area contributed by atoms with Crippen LogP contribution in [0.25, 0.3) is 0 Å². The predicted octanol–water partition coefficient (Wildman–Crippen LogP) is 2.48. The molecule has 1 aliphatic carbocycles. The van der Waals surface area contributed by atoms with Crippen LogP contribution in [0.1, 0.15) is 43.4 Å². The minimum atomic E-state index is -0.128. The second kappa shape index (κ2) is 7.21. The standard InChI is InChI=1S/C16H22N6OS/c1-10(2)8-14-20-21-16(24-14)19-13(23)9-22(3)12-6-7-17-15(18-12)11-4-5-11/h6-7,10-11H,4-5,8-9H2,1-3H3,(H,19,21,23). The SMILES string of the molecule is CC(C)Cc1nnc(NC(=O)CN(C)c2ccnc(C3CC3)n2)s1. The number of likely N-dealkylation sites (N-methyl/N-ethyl adjacent to an activating group) is 1. The van der Waals surface area contributed by atoms with E-state index in [9.17, 15) is 4.79 Å². The van der Waals surface area contributed by atoms with Gasteiger partial charge < -0.3 is 4.90 Å². The molecule has 0 aliphatic heterocycles. The topological polar surface area (TPSA) is 83.9 Å². The Labute approximate surface area is 145 Å². The summed E-state index contributed by atoms with van der Waals surface area (Å²) in [6, 6.07) is 1.82. The van der Waals surface area contributed by atoms with Crippen molar-refractivity contribution in [1.29, 1.82) is 0 Å². The fourth-order valence-corrected chi connectivity index (χ4v) is 3.27. The quantitative estimate of drug-likeness (QED) is 0.829. The maximum absolute atomic E-state index is 12.2. The van der Waals surface area contributed by atoms with Crippen molar-refractivity contribution in [3.05, 3.63) is 23.1 Å². The number of nitrogens with zero attached hydrogens (tertiary/aromatic N) is 5. The first-order chi connectivity index (χ1) is 11.5. The first kappa shape index (κ1) is 16.8. The highest BCUT2D eigenvalue weighted by atomic mass is 32.1. The van der Waals surface area contributed by atoms with Crippen LogP contribution in [0.4, 0.5) is 10.9 Å². The minimum Gasteiger partial charge on any atom is -0.350 e. The first-order valence-corrected chi connectivity index (χ1v) is 8.99. The number of amides is 1. The smallest absolute Gasteiger partial charge is 0.245 e. The Morgan fingerprint density at radius 1 is 1.42 bits per heavy atom. The third kappa shape index (κ3) is 4.47. The minimum absolute atomic E-state index is 0.128. The molecule has 1 N–H and O–H groups in total. The third-order valence-corrected chi connectivity index (χ3v) is 4.53. The van der Waals surface area contributed by atoms with E-state index in [1.54, 1.807) is 6.20 Å². The molecule has 8 heteroatoms. The Bertz CT molecular complexity index is 712. The summed E-state index contributed by atoms with van der Waals surface area (Å²) in [6.07, 6.45) is 4.94. The van der Waals surface area contributed by atoms with Gasteiger partial charge in [0.2, 0.25) is 11.0 Å². The molecule has 1 aliphatic rings. The molecule has 0 aromatic carbocycles. The molecule has 0 spiro atoms. The van der Waals surface area contributed by atoms with Gasteiger partial charge in [0.25, 0.3) is 0 Å². The summed E-state index contributed by atoms with van der Waals surface area (Å²) in [7, 11) is 1.85. The van der Waals surface area contributed by atoms with E-state index in [0.29, 0.717) is 17.0 Å². The fraction of sp³-hybridized carbons (Fsp3) is 0.562. The van der Waals surface area contributed by atoms with Gasteiger partial charge in [-0.2, -0.15) is 0 Å². The van der Waals surface area contributed by atoms with Gasteiger partial charge >= 0.3 is 0 Å². The summed E-state index contributed by atoms with van der Waals surface area (Å²) in [5.41, 5.74) is 0. The molecule has 7 nitrogen and oxygen atoms in total. The summed E-state index contributed by atoms with van der Waals surface area (Å²) in [5.74, 6) is 2.53. The summed E-state index contributed by atoms with van der Waals surface area (Å²) < 4.78 is 0. The van der Waals surface area contributed by atoms with Crippen LogP contribution in [0, 0.1) is 5.92 Å². The lowest BCUT2D eigenvalue weighted by Gasteiger charge is -2.17. The molecule has 2 heterocycles. The van der Waals surface area contributed by atoms with Crippen molar-refractivity contribution in [1.82, 2.24) is 20.2 Å². The van der Waals surface area contributed by atoms with Gasteiger partial charge in [-0.25, -0.2) is 9.97 Å². The zero-order valence-corrected chi connectivity index (χ0v) is 15.0. The monoisotopic (exact) mass is 346 g/mol. The Morgan fingerprint density at radius 3 is 2.92 bits per heavy atom. The van der Waals surface area contributed by atoms with Crippen LogP contribution in [0.3, 0.4) is 0 Å². The van der Waals surface area contributed by atoms with E-state index in [4.69, 9.17) is 0 Å². The molecule has 0 atom stereocenters. The van der Waals surface area contributed by atoms with Crippen LogP contribution in [0.5, 0.6) is 0 Å². The van der Waals surface area contributed by atoms with Crippen LogP contribution in [0.2, 0.25) is 0 Å². The maximum Gasteiger partial charge on any atom is 0.245 e. The van der Waals surface area contributed by atoms with Gasteiger partial charge in [0.1, 0.15) is 16.6 Å². The molecule has 1 saturated carbocycles. The van der Waals surface area contributed by atoms with E-state index >= 15 is 0 Å². The molecule has 2 aromatic heterocycles. The van der Waals surface area contributed by atoms with Gasteiger partial charge in [-0.05, 0) is 24.8 Å². The lowest BCUT2D eigenvalue weighted by Crippen LogP contribution is -2.30. The summed E-state index contributed by atoms with van der Waals surface area (Å²) in [4.78, 5) is 22.9. The number of hydrogen-bond acceptors (Lipinski definition) is 7. The van der Waals surface area contributed by atoms with Crippen molar-refractivity contribution < 1.29 is 4.79 Å². The van der Waals surface area contributed by atoms with Crippen LogP contribution in [0.15, 0.2) is 12.3 Å². The van der Waals surface area contributed by atoms with Crippen LogP contribution in [-0.2, 0) is 11.2 Å². The Balaban J connectivity index is 1.56. The molecule has 0 radical (unpaired) electrons. The van der Waals surface area contributed by atoms with E-state index in [1.807, 2.05) is 18.0 Å². The molecular formula is C16H22N6OS. The largest absolute Gasteiger partial charge is 0.350 e. The molecule has 3 rings (SSSR count). The second-order valence-electron chi connectivity index (χ2n) is 6.55. The molecule has 0 bridgehead atoms. The number of hydrogen-bond donors (Lipinski definition) is 1. The predicted molar refractivity (Wildman–Crippen MR) is 94.4 cm³/mol. The lowest BCUT2D eigenvalue weighted by molar-refractivity contribution is -0.114. The first-order valence-electron chi connectivity index (χ1n) is 8.17. The number of rotatable bonds is 7. The van der Waals surface area contributed by atoms with E-state index in [1.165, 1.54) is 11.3 Å². The number of nitrogens with one attached hydrogen (secondary N) is 1. The van der Waals surface area contributed by atoms with Crippen molar-refractivity contribution in [2.24, 2.45) is 5.92 Å². The molecule has 128 valence electrons. The molecular weight excluding hydrogens is 324 g/mol. The zero-order valence-electron chi connectivity index (χ0n) is 14.2. The van der Waals surface area contributed by atoms with E-state index in [2.05, 4.69) is 39.3 Å². The summed E-state index contributed by atoms with van der Waals surface area (Å²) in [6.45, 7) is 4.47. The van der Waals surface area contributed by atoms with Crippen LogP contribution in [-0.4, -0.2) is 39.7 Å². The normalized spacial score (nSPS) is 14.0. The number of aromatic nitrogens is 4. The zero-order chi connectivity index (χ0) is 17.1. The maximum atomic E-state index is 12.2.